The second kappa shape index (κ2) is 9.35. The Labute approximate surface area is 209 Å². The van der Waals surface area contributed by atoms with Crippen molar-refractivity contribution in [3.8, 4) is 11.3 Å². The Balaban J connectivity index is 1.10. The van der Waals surface area contributed by atoms with Crippen LogP contribution in [-0.2, 0) is 22.7 Å². The Morgan fingerprint density at radius 2 is 1.78 bits per heavy atom. The van der Waals surface area contributed by atoms with Gasteiger partial charge in [0.15, 0.2) is 0 Å². The Kier molecular flexibility index (Phi) is 5.89. The summed E-state index contributed by atoms with van der Waals surface area (Å²) in [6, 6.07) is 15.8. The van der Waals surface area contributed by atoms with E-state index in [0.717, 1.165) is 49.3 Å². The normalized spacial score (nSPS) is 21.1. The number of nitrogens with zero attached hydrogens (tertiary/aromatic N) is 3. The summed E-state index contributed by atoms with van der Waals surface area (Å²) < 4.78 is 0. The van der Waals surface area contributed by atoms with Gasteiger partial charge in [-0.1, -0.05) is 42.5 Å². The second-order valence-corrected chi connectivity index (χ2v) is 9.99. The lowest BCUT2D eigenvalue weighted by Gasteiger charge is -2.32. The van der Waals surface area contributed by atoms with Gasteiger partial charge >= 0.3 is 0 Å². The quantitative estimate of drug-likeness (QED) is 0.543. The van der Waals surface area contributed by atoms with Crippen molar-refractivity contribution in [2.24, 2.45) is 0 Å². The molecule has 8 heteroatoms. The maximum absolute atomic E-state index is 13.0. The number of aromatic nitrogens is 2. The Morgan fingerprint density at radius 3 is 2.56 bits per heavy atom. The van der Waals surface area contributed by atoms with E-state index in [1.54, 1.807) is 4.90 Å². The number of aromatic amines is 1. The molecule has 2 aromatic carbocycles. The van der Waals surface area contributed by atoms with Crippen molar-refractivity contribution in [3.63, 3.8) is 0 Å². The van der Waals surface area contributed by atoms with Crippen molar-refractivity contribution in [2.45, 2.75) is 50.7 Å². The Bertz CT molecular complexity index is 1310. The number of carbonyl (C=O) groups excluding carboxylic acids is 3. The predicted molar refractivity (Wildman–Crippen MR) is 134 cm³/mol. The number of piperidine rings is 2. The lowest BCUT2D eigenvalue weighted by molar-refractivity contribution is -0.136. The number of H-pyrrole nitrogens is 1. The number of fused-ring (bicyclic) bond motifs is 1. The van der Waals surface area contributed by atoms with Crippen LogP contribution in [0, 0.1) is 0 Å². The van der Waals surface area contributed by atoms with Crippen LogP contribution in [0.25, 0.3) is 11.3 Å². The largest absolute Gasteiger partial charge is 0.322 e. The smallest absolute Gasteiger partial charge is 0.255 e. The van der Waals surface area contributed by atoms with Gasteiger partial charge in [0.25, 0.3) is 5.91 Å². The van der Waals surface area contributed by atoms with Crippen LogP contribution in [0.1, 0.15) is 58.6 Å². The van der Waals surface area contributed by atoms with Gasteiger partial charge in [0, 0.05) is 42.4 Å². The summed E-state index contributed by atoms with van der Waals surface area (Å²) in [7, 11) is 0. The highest BCUT2D eigenvalue weighted by Gasteiger charge is 2.39. The van der Waals surface area contributed by atoms with Gasteiger partial charge in [-0.25, -0.2) is 0 Å². The highest BCUT2D eigenvalue weighted by atomic mass is 16.2. The first-order valence-corrected chi connectivity index (χ1v) is 12.6. The molecule has 1 atom stereocenters. The first kappa shape index (κ1) is 22.7. The van der Waals surface area contributed by atoms with E-state index in [9.17, 15) is 14.4 Å². The molecular weight excluding hydrogens is 454 g/mol. The van der Waals surface area contributed by atoms with E-state index in [-0.39, 0.29) is 24.1 Å². The van der Waals surface area contributed by atoms with Crippen molar-refractivity contribution in [2.75, 3.05) is 13.1 Å². The van der Waals surface area contributed by atoms with Gasteiger partial charge in [-0.05, 0) is 55.5 Å². The second-order valence-electron chi connectivity index (χ2n) is 9.99. The molecule has 2 N–H and O–H groups in total. The molecule has 2 saturated heterocycles. The van der Waals surface area contributed by atoms with E-state index in [2.05, 4.69) is 44.7 Å². The fraction of sp³-hybridized carbons (Fsp3) is 0.357. The van der Waals surface area contributed by atoms with E-state index >= 15 is 0 Å². The van der Waals surface area contributed by atoms with Crippen LogP contribution < -0.4 is 5.32 Å². The van der Waals surface area contributed by atoms with Gasteiger partial charge in [-0.2, -0.15) is 5.10 Å². The number of hydrogen-bond donors (Lipinski definition) is 2. The van der Waals surface area contributed by atoms with Crippen molar-refractivity contribution >= 4 is 17.7 Å². The standard InChI is InChI=1S/C28H29N5O3/c34-25-9-8-24(27(35)30-25)33-17-21-14-20(6-7-23(21)28(33)36)18-10-12-32(13-11-18)16-22-15-29-31-26(22)19-4-2-1-3-5-19/h1-7,14-15,18,24H,8-13,16-17H2,(H,29,31)(H,30,34,35). The molecule has 1 unspecified atom stereocenters. The molecule has 2 fully saturated rings. The van der Waals surface area contributed by atoms with E-state index in [1.807, 2.05) is 30.5 Å². The number of likely N-dealkylation sites (tertiary alicyclic amines) is 1. The van der Waals surface area contributed by atoms with Crippen LogP contribution in [0.5, 0.6) is 0 Å². The average molecular weight is 484 g/mol. The molecule has 3 aromatic rings. The molecule has 0 aliphatic carbocycles. The van der Waals surface area contributed by atoms with Crippen molar-refractivity contribution < 1.29 is 14.4 Å². The number of hydrogen-bond acceptors (Lipinski definition) is 5. The molecule has 36 heavy (non-hydrogen) atoms. The van der Waals surface area contributed by atoms with E-state index in [1.165, 1.54) is 11.1 Å². The molecule has 8 nitrogen and oxygen atoms in total. The molecule has 0 bridgehead atoms. The molecule has 3 aliphatic rings. The molecule has 1 aromatic heterocycles. The van der Waals surface area contributed by atoms with Crippen LogP contribution in [-0.4, -0.2) is 56.9 Å². The molecule has 6 rings (SSSR count). The topological polar surface area (TPSA) is 98.4 Å². The van der Waals surface area contributed by atoms with Gasteiger partial charge in [0.2, 0.25) is 11.8 Å². The van der Waals surface area contributed by atoms with E-state index in [0.29, 0.717) is 24.4 Å². The minimum absolute atomic E-state index is 0.116. The van der Waals surface area contributed by atoms with Crippen molar-refractivity contribution in [3.05, 3.63) is 77.0 Å². The number of imide groups is 1. The fourth-order valence-electron chi connectivity index (χ4n) is 5.80. The summed E-state index contributed by atoms with van der Waals surface area (Å²) >= 11 is 0. The number of nitrogens with one attached hydrogen (secondary N) is 2. The zero-order valence-corrected chi connectivity index (χ0v) is 20.1. The molecule has 3 amide bonds. The molecule has 0 saturated carbocycles. The number of benzene rings is 2. The summed E-state index contributed by atoms with van der Waals surface area (Å²) in [5, 5.41) is 9.87. The van der Waals surface area contributed by atoms with Gasteiger partial charge in [-0.15, -0.1) is 0 Å². The molecule has 4 heterocycles. The minimum Gasteiger partial charge on any atom is -0.322 e. The van der Waals surface area contributed by atoms with Crippen LogP contribution in [0.2, 0.25) is 0 Å². The predicted octanol–water partition coefficient (Wildman–Crippen LogP) is 3.22. The van der Waals surface area contributed by atoms with Crippen molar-refractivity contribution in [1.29, 1.82) is 0 Å². The monoisotopic (exact) mass is 483 g/mol. The van der Waals surface area contributed by atoms with E-state index in [4.69, 9.17) is 0 Å². The van der Waals surface area contributed by atoms with Crippen molar-refractivity contribution in [1.82, 2.24) is 25.3 Å². The highest BCUT2D eigenvalue weighted by Crippen LogP contribution is 2.34. The number of rotatable bonds is 5. The van der Waals surface area contributed by atoms with Gasteiger partial charge in [0.1, 0.15) is 6.04 Å². The van der Waals surface area contributed by atoms with Gasteiger partial charge < -0.3 is 4.90 Å². The zero-order chi connectivity index (χ0) is 24.6. The fourth-order valence-corrected chi connectivity index (χ4v) is 5.80. The minimum atomic E-state index is -0.571. The lowest BCUT2D eigenvalue weighted by atomic mass is 9.87. The Hall–Kier alpha value is -3.78. The third-order valence-electron chi connectivity index (χ3n) is 7.77. The molecule has 0 radical (unpaired) electrons. The summed E-state index contributed by atoms with van der Waals surface area (Å²) in [5.74, 6) is -0.300. The third kappa shape index (κ3) is 4.22. The number of amides is 3. The van der Waals surface area contributed by atoms with Crippen LogP contribution >= 0.6 is 0 Å². The summed E-state index contributed by atoms with van der Waals surface area (Å²) in [6.45, 7) is 3.30. The van der Waals surface area contributed by atoms with Crippen LogP contribution in [0.4, 0.5) is 0 Å². The van der Waals surface area contributed by atoms with E-state index < -0.39 is 6.04 Å². The SMILES string of the molecule is O=C1CCC(N2Cc3cc(C4CCN(Cc5c[nH]nc5-c5ccccc5)CC4)ccc3C2=O)C(=O)N1. The molecule has 3 aliphatic heterocycles. The Morgan fingerprint density at radius 1 is 0.972 bits per heavy atom. The zero-order valence-electron chi connectivity index (χ0n) is 20.1. The van der Waals surface area contributed by atoms with Crippen LogP contribution in [0.3, 0.4) is 0 Å². The summed E-state index contributed by atoms with van der Waals surface area (Å²) in [5.41, 5.74) is 6.28. The summed E-state index contributed by atoms with van der Waals surface area (Å²) in [4.78, 5) is 40.9. The maximum Gasteiger partial charge on any atom is 0.255 e. The van der Waals surface area contributed by atoms with Gasteiger partial charge in [-0.3, -0.25) is 29.7 Å². The maximum atomic E-state index is 13.0. The molecular formula is C28H29N5O3. The lowest BCUT2D eigenvalue weighted by Crippen LogP contribution is -2.52. The molecule has 184 valence electrons. The summed E-state index contributed by atoms with van der Waals surface area (Å²) in [6.07, 6.45) is 4.77. The number of carbonyl (C=O) groups is 3. The first-order valence-electron chi connectivity index (χ1n) is 12.6. The first-order chi connectivity index (χ1) is 17.6. The van der Waals surface area contributed by atoms with Gasteiger partial charge in [0.05, 0.1) is 5.69 Å². The third-order valence-corrected chi connectivity index (χ3v) is 7.77. The highest BCUT2D eigenvalue weighted by molar-refractivity contribution is 6.05. The average Bonchev–Trinajstić information content (AvgIpc) is 3.49. The molecule has 0 spiro atoms. The van der Waals surface area contributed by atoms with Crippen LogP contribution in [0.15, 0.2) is 54.7 Å².